The van der Waals surface area contributed by atoms with Crippen LogP contribution in [-0.2, 0) is 0 Å². The maximum absolute atomic E-state index is 5.98. The molecule has 2 fully saturated rings. The Morgan fingerprint density at radius 1 is 0.650 bits per heavy atom. The standard InChI is InChI=1S/C18H36N2/c19-18(20)14-12-17(13-15-18)11-5-2-1-4-8-16-9-6-3-7-10-16/h16-17H,1-15,19-20H2. The zero-order valence-corrected chi connectivity index (χ0v) is 13.4. The molecule has 0 aromatic rings. The van der Waals surface area contributed by atoms with Gasteiger partial charge < -0.3 is 11.5 Å². The van der Waals surface area contributed by atoms with Gasteiger partial charge in [-0.25, -0.2) is 0 Å². The third-order valence-electron chi connectivity index (χ3n) is 5.74. The number of rotatable bonds is 7. The average Bonchev–Trinajstić information content (AvgIpc) is 2.45. The highest BCUT2D eigenvalue weighted by atomic mass is 15.0. The van der Waals surface area contributed by atoms with E-state index in [0.717, 1.165) is 24.7 Å². The quantitative estimate of drug-likeness (QED) is 0.524. The highest BCUT2D eigenvalue weighted by Gasteiger charge is 2.27. The molecule has 2 nitrogen and oxygen atoms in total. The van der Waals surface area contributed by atoms with E-state index in [1.54, 1.807) is 0 Å². The zero-order valence-electron chi connectivity index (χ0n) is 13.4. The molecular formula is C18H36N2. The minimum absolute atomic E-state index is 0.351. The Morgan fingerprint density at radius 2 is 1.15 bits per heavy atom. The van der Waals surface area contributed by atoms with Gasteiger partial charge >= 0.3 is 0 Å². The molecule has 2 aliphatic rings. The molecule has 0 aromatic heterocycles. The summed E-state index contributed by atoms with van der Waals surface area (Å²) < 4.78 is 0. The van der Waals surface area contributed by atoms with Crippen LogP contribution in [0.4, 0.5) is 0 Å². The molecule has 0 unspecified atom stereocenters. The maximum Gasteiger partial charge on any atom is 0.0636 e. The van der Waals surface area contributed by atoms with Crippen LogP contribution in [0.2, 0.25) is 0 Å². The van der Waals surface area contributed by atoms with Crippen LogP contribution in [0.15, 0.2) is 0 Å². The van der Waals surface area contributed by atoms with Gasteiger partial charge in [-0.15, -0.1) is 0 Å². The number of unbranched alkanes of at least 4 members (excludes halogenated alkanes) is 3. The molecule has 20 heavy (non-hydrogen) atoms. The molecule has 0 saturated heterocycles. The first-order chi connectivity index (χ1) is 9.66. The molecule has 0 spiro atoms. The summed E-state index contributed by atoms with van der Waals surface area (Å²) in [5.74, 6) is 1.98. The van der Waals surface area contributed by atoms with Gasteiger partial charge in [-0.3, -0.25) is 0 Å². The summed E-state index contributed by atoms with van der Waals surface area (Å²) in [6.45, 7) is 0. The van der Waals surface area contributed by atoms with Crippen molar-refractivity contribution in [1.29, 1.82) is 0 Å². The molecule has 2 saturated carbocycles. The number of hydrogen-bond acceptors (Lipinski definition) is 2. The first-order valence-electron chi connectivity index (χ1n) is 9.23. The van der Waals surface area contributed by atoms with Gasteiger partial charge in [-0.05, 0) is 37.5 Å². The van der Waals surface area contributed by atoms with Crippen LogP contribution >= 0.6 is 0 Å². The van der Waals surface area contributed by atoms with Crippen molar-refractivity contribution >= 4 is 0 Å². The van der Waals surface area contributed by atoms with Crippen molar-refractivity contribution in [2.45, 2.75) is 102 Å². The Morgan fingerprint density at radius 3 is 1.70 bits per heavy atom. The van der Waals surface area contributed by atoms with Crippen molar-refractivity contribution in [3.05, 3.63) is 0 Å². The molecule has 4 N–H and O–H groups in total. The Hall–Kier alpha value is -0.0800. The molecule has 0 bridgehead atoms. The van der Waals surface area contributed by atoms with E-state index in [1.807, 2.05) is 0 Å². The lowest BCUT2D eigenvalue weighted by Crippen LogP contribution is -2.51. The van der Waals surface area contributed by atoms with Crippen molar-refractivity contribution in [1.82, 2.24) is 0 Å². The van der Waals surface area contributed by atoms with Gasteiger partial charge in [0.2, 0.25) is 0 Å². The number of nitrogens with two attached hydrogens (primary N) is 2. The number of hydrogen-bond donors (Lipinski definition) is 2. The smallest absolute Gasteiger partial charge is 0.0636 e. The highest BCUT2D eigenvalue weighted by molar-refractivity contribution is 4.84. The molecule has 0 aromatic carbocycles. The largest absolute Gasteiger partial charge is 0.313 e. The fourth-order valence-corrected chi connectivity index (χ4v) is 4.20. The maximum atomic E-state index is 5.98. The molecule has 2 aliphatic carbocycles. The fraction of sp³-hybridized carbons (Fsp3) is 1.00. The lowest BCUT2D eigenvalue weighted by atomic mass is 9.80. The van der Waals surface area contributed by atoms with Crippen LogP contribution in [0, 0.1) is 11.8 Å². The van der Waals surface area contributed by atoms with Crippen molar-refractivity contribution in [3.8, 4) is 0 Å². The Kier molecular flexibility index (Phi) is 6.83. The van der Waals surface area contributed by atoms with E-state index in [2.05, 4.69) is 0 Å². The van der Waals surface area contributed by atoms with Gasteiger partial charge in [0.25, 0.3) is 0 Å². The first-order valence-corrected chi connectivity index (χ1v) is 9.23. The molecule has 2 rings (SSSR count). The third-order valence-corrected chi connectivity index (χ3v) is 5.74. The monoisotopic (exact) mass is 280 g/mol. The van der Waals surface area contributed by atoms with Crippen LogP contribution in [-0.4, -0.2) is 5.66 Å². The van der Waals surface area contributed by atoms with Gasteiger partial charge in [0.15, 0.2) is 0 Å². The van der Waals surface area contributed by atoms with Crippen LogP contribution in [0.25, 0.3) is 0 Å². The van der Waals surface area contributed by atoms with Gasteiger partial charge in [0.1, 0.15) is 0 Å². The van der Waals surface area contributed by atoms with Crippen molar-refractivity contribution < 1.29 is 0 Å². The van der Waals surface area contributed by atoms with E-state index in [4.69, 9.17) is 11.5 Å². The lowest BCUT2D eigenvalue weighted by Gasteiger charge is -2.33. The second-order valence-electron chi connectivity index (χ2n) is 7.67. The summed E-state index contributed by atoms with van der Waals surface area (Å²) >= 11 is 0. The molecule has 0 atom stereocenters. The summed E-state index contributed by atoms with van der Waals surface area (Å²) in [5, 5.41) is 0. The molecule has 0 amide bonds. The van der Waals surface area contributed by atoms with Gasteiger partial charge in [-0.1, -0.05) is 70.6 Å². The predicted octanol–water partition coefficient (Wildman–Crippen LogP) is 4.71. The third kappa shape index (κ3) is 6.13. The summed E-state index contributed by atoms with van der Waals surface area (Å²) in [4.78, 5) is 0. The van der Waals surface area contributed by atoms with Gasteiger partial charge in [-0.2, -0.15) is 0 Å². The zero-order chi connectivity index (χ0) is 14.3. The minimum atomic E-state index is -0.351. The predicted molar refractivity (Wildman–Crippen MR) is 87.3 cm³/mol. The van der Waals surface area contributed by atoms with E-state index in [0.29, 0.717) is 0 Å². The molecule has 0 heterocycles. The van der Waals surface area contributed by atoms with Crippen LogP contribution in [0.5, 0.6) is 0 Å². The molecular weight excluding hydrogens is 244 g/mol. The first kappa shape index (κ1) is 16.3. The van der Waals surface area contributed by atoms with Crippen LogP contribution < -0.4 is 11.5 Å². The molecule has 0 radical (unpaired) electrons. The van der Waals surface area contributed by atoms with E-state index < -0.39 is 0 Å². The van der Waals surface area contributed by atoms with Crippen LogP contribution in [0.1, 0.15) is 96.3 Å². The van der Waals surface area contributed by atoms with E-state index >= 15 is 0 Å². The average molecular weight is 280 g/mol. The summed E-state index contributed by atoms with van der Waals surface area (Å²) in [5.41, 5.74) is 11.6. The lowest BCUT2D eigenvalue weighted by molar-refractivity contribution is 0.227. The van der Waals surface area contributed by atoms with E-state index in [1.165, 1.54) is 83.5 Å². The Balaban J connectivity index is 1.42. The van der Waals surface area contributed by atoms with Gasteiger partial charge in [0, 0.05) is 0 Å². The van der Waals surface area contributed by atoms with Gasteiger partial charge in [0.05, 0.1) is 5.66 Å². The summed E-state index contributed by atoms with van der Waals surface area (Å²) in [6.07, 6.45) is 20.8. The van der Waals surface area contributed by atoms with E-state index in [9.17, 15) is 0 Å². The molecule has 0 aliphatic heterocycles. The topological polar surface area (TPSA) is 52.0 Å². The Bertz CT molecular complexity index is 246. The second kappa shape index (κ2) is 8.38. The SMILES string of the molecule is NC1(N)CCC(CCCCCCC2CCCCC2)CC1. The second-order valence-corrected chi connectivity index (χ2v) is 7.67. The van der Waals surface area contributed by atoms with Crippen LogP contribution in [0.3, 0.4) is 0 Å². The van der Waals surface area contributed by atoms with Crippen molar-refractivity contribution in [2.24, 2.45) is 23.3 Å². The fourth-order valence-electron chi connectivity index (χ4n) is 4.20. The van der Waals surface area contributed by atoms with Crippen molar-refractivity contribution in [3.63, 3.8) is 0 Å². The molecule has 118 valence electrons. The van der Waals surface area contributed by atoms with E-state index in [-0.39, 0.29) is 5.66 Å². The Labute approximate surface area is 126 Å². The van der Waals surface area contributed by atoms with Crippen molar-refractivity contribution in [2.75, 3.05) is 0 Å². The molecule has 2 heteroatoms. The summed E-state index contributed by atoms with van der Waals surface area (Å²) in [6, 6.07) is 0. The normalized spacial score (nSPS) is 24.9. The highest BCUT2D eigenvalue weighted by Crippen LogP contribution is 2.31. The summed E-state index contributed by atoms with van der Waals surface area (Å²) in [7, 11) is 0. The minimum Gasteiger partial charge on any atom is -0.313 e.